The summed E-state index contributed by atoms with van der Waals surface area (Å²) in [4.78, 5) is 23.1. The van der Waals surface area contributed by atoms with Gasteiger partial charge in [0.1, 0.15) is 5.57 Å². The van der Waals surface area contributed by atoms with Crippen LogP contribution in [0.3, 0.4) is 0 Å². The number of halogens is 4. The zero-order chi connectivity index (χ0) is 17.0. The average molecular weight is 339 g/mol. The second-order valence-corrected chi connectivity index (χ2v) is 4.99. The highest BCUT2D eigenvalue weighted by atomic mass is 35.5. The summed E-state index contributed by atoms with van der Waals surface area (Å²) in [5.74, 6) is -1.12. The molecule has 0 aliphatic carbocycles. The molecular weight excluding hydrogens is 329 g/mol. The number of hydrogen-bond donors (Lipinski definition) is 0. The van der Waals surface area contributed by atoms with Crippen molar-refractivity contribution < 1.29 is 22.8 Å². The fourth-order valence-electron chi connectivity index (χ4n) is 1.90. The normalized spacial score (nSPS) is 12.1. The van der Waals surface area contributed by atoms with Gasteiger partial charge in [0.15, 0.2) is 5.78 Å². The average Bonchev–Trinajstić information content (AvgIpc) is 2.52. The molecule has 118 valence electrons. The summed E-state index contributed by atoms with van der Waals surface area (Å²) in [5, 5.41) is -0.711. The Labute approximate surface area is 135 Å². The first-order chi connectivity index (χ1) is 10.8. The molecule has 0 N–H and O–H groups in total. The predicted octanol–water partition coefficient (Wildman–Crippen LogP) is 4.89. The van der Waals surface area contributed by atoms with Gasteiger partial charge in [0.2, 0.25) is 0 Å². The summed E-state index contributed by atoms with van der Waals surface area (Å²) in [5.41, 5.74) is -1.03. The second-order valence-electron chi connectivity index (χ2n) is 4.65. The SMILES string of the molecule is O=C(Cl)c1ccc(C=C(C(=O)c2ccccc2)C(F)(F)F)cc1. The molecule has 2 nitrogen and oxygen atoms in total. The largest absolute Gasteiger partial charge is 0.420 e. The zero-order valence-corrected chi connectivity index (χ0v) is 12.4. The Balaban J connectivity index is 2.43. The highest BCUT2D eigenvalue weighted by molar-refractivity contribution is 6.67. The topological polar surface area (TPSA) is 34.1 Å². The molecule has 0 spiro atoms. The smallest absolute Gasteiger partial charge is 0.289 e. The summed E-state index contributed by atoms with van der Waals surface area (Å²) in [7, 11) is 0. The van der Waals surface area contributed by atoms with E-state index in [1.165, 1.54) is 48.5 Å². The van der Waals surface area contributed by atoms with Crippen LogP contribution in [0.4, 0.5) is 13.2 Å². The molecule has 0 saturated carbocycles. The number of allylic oxidation sites excluding steroid dienone is 1. The molecular formula is C17H10ClF3O2. The van der Waals surface area contributed by atoms with Gasteiger partial charge in [-0.15, -0.1) is 0 Å². The lowest BCUT2D eigenvalue weighted by molar-refractivity contribution is -0.0878. The third-order valence-corrected chi connectivity index (χ3v) is 3.25. The Kier molecular flexibility index (Phi) is 5.01. The maximum absolute atomic E-state index is 13.2. The van der Waals surface area contributed by atoms with Crippen LogP contribution in [0.25, 0.3) is 6.08 Å². The van der Waals surface area contributed by atoms with Crippen LogP contribution in [0.1, 0.15) is 26.3 Å². The van der Waals surface area contributed by atoms with Gasteiger partial charge < -0.3 is 0 Å². The minimum atomic E-state index is -4.80. The van der Waals surface area contributed by atoms with Crippen LogP contribution in [0, 0.1) is 0 Å². The summed E-state index contributed by atoms with van der Waals surface area (Å²) >= 11 is 5.28. The minimum absolute atomic E-state index is 0.0522. The van der Waals surface area contributed by atoms with E-state index in [0.29, 0.717) is 0 Å². The Morgan fingerprint density at radius 2 is 1.43 bits per heavy atom. The molecule has 23 heavy (non-hydrogen) atoms. The van der Waals surface area contributed by atoms with Crippen molar-refractivity contribution in [3.05, 3.63) is 76.9 Å². The summed E-state index contributed by atoms with van der Waals surface area (Å²) in [6.45, 7) is 0. The van der Waals surface area contributed by atoms with E-state index in [1.807, 2.05) is 0 Å². The van der Waals surface area contributed by atoms with Crippen LogP contribution in [-0.4, -0.2) is 17.2 Å². The van der Waals surface area contributed by atoms with Crippen molar-refractivity contribution in [1.29, 1.82) is 0 Å². The Morgan fingerprint density at radius 3 is 1.91 bits per heavy atom. The van der Waals surface area contributed by atoms with Crippen molar-refractivity contribution in [2.45, 2.75) is 6.18 Å². The fraction of sp³-hybridized carbons (Fsp3) is 0.0588. The van der Waals surface area contributed by atoms with E-state index < -0.39 is 22.8 Å². The number of alkyl halides is 3. The summed E-state index contributed by atoms with van der Waals surface area (Å²) in [6, 6.07) is 12.4. The molecule has 6 heteroatoms. The van der Waals surface area contributed by atoms with E-state index in [9.17, 15) is 22.8 Å². The number of ketones is 1. The van der Waals surface area contributed by atoms with Gasteiger partial charge in [-0.05, 0) is 35.4 Å². The van der Waals surface area contributed by atoms with Gasteiger partial charge in [-0.1, -0.05) is 42.5 Å². The molecule has 0 aliphatic rings. The van der Waals surface area contributed by atoms with Gasteiger partial charge in [-0.3, -0.25) is 9.59 Å². The molecule has 0 unspecified atom stereocenters. The molecule has 0 bridgehead atoms. The van der Waals surface area contributed by atoms with Gasteiger partial charge in [-0.25, -0.2) is 0 Å². The Hall–Kier alpha value is -2.40. The van der Waals surface area contributed by atoms with Gasteiger partial charge in [0.05, 0.1) is 0 Å². The highest BCUT2D eigenvalue weighted by Gasteiger charge is 2.38. The van der Waals surface area contributed by atoms with E-state index in [1.54, 1.807) is 6.07 Å². The molecule has 0 radical (unpaired) electrons. The zero-order valence-electron chi connectivity index (χ0n) is 11.6. The molecule has 2 aromatic carbocycles. The fourth-order valence-corrected chi connectivity index (χ4v) is 2.02. The lowest BCUT2D eigenvalue weighted by atomic mass is 10.00. The Bertz CT molecular complexity index is 748. The lowest BCUT2D eigenvalue weighted by Gasteiger charge is -2.11. The maximum atomic E-state index is 13.2. The molecule has 0 atom stereocenters. The van der Waals surface area contributed by atoms with E-state index in [4.69, 9.17) is 11.6 Å². The van der Waals surface area contributed by atoms with Crippen molar-refractivity contribution in [1.82, 2.24) is 0 Å². The number of rotatable bonds is 4. The molecule has 0 saturated heterocycles. The monoisotopic (exact) mass is 338 g/mol. The van der Waals surface area contributed by atoms with Gasteiger partial charge in [0.25, 0.3) is 5.24 Å². The quantitative estimate of drug-likeness (QED) is 0.451. The molecule has 0 aromatic heterocycles. The Morgan fingerprint density at radius 1 is 0.870 bits per heavy atom. The first-order valence-electron chi connectivity index (χ1n) is 6.47. The number of carbonyl (C=O) groups excluding carboxylic acids is 2. The standard InChI is InChI=1S/C17H10ClF3O2/c18-16(23)13-8-6-11(7-9-13)10-14(17(19,20)21)15(22)12-4-2-1-3-5-12/h1-10H. The summed E-state index contributed by atoms with van der Waals surface area (Å²) < 4.78 is 39.6. The molecule has 2 aromatic rings. The van der Waals surface area contributed by atoms with Gasteiger partial charge in [-0.2, -0.15) is 13.2 Å². The summed E-state index contributed by atoms with van der Waals surface area (Å²) in [6.07, 6.45) is -4.05. The van der Waals surface area contributed by atoms with Crippen molar-refractivity contribution in [2.24, 2.45) is 0 Å². The lowest BCUT2D eigenvalue weighted by Crippen LogP contribution is -2.20. The molecule has 0 aliphatic heterocycles. The maximum Gasteiger partial charge on any atom is 0.420 e. The first-order valence-corrected chi connectivity index (χ1v) is 6.85. The molecule has 0 amide bonds. The molecule has 0 heterocycles. The van der Waals surface area contributed by atoms with Crippen LogP contribution in [-0.2, 0) is 0 Å². The molecule has 0 fully saturated rings. The van der Waals surface area contributed by atoms with Crippen molar-refractivity contribution >= 4 is 28.7 Å². The van der Waals surface area contributed by atoms with Crippen LogP contribution in [0.15, 0.2) is 60.2 Å². The van der Waals surface area contributed by atoms with Crippen LogP contribution >= 0.6 is 11.6 Å². The number of hydrogen-bond acceptors (Lipinski definition) is 2. The van der Waals surface area contributed by atoms with E-state index in [2.05, 4.69) is 0 Å². The molecule has 2 rings (SSSR count). The third-order valence-electron chi connectivity index (χ3n) is 3.03. The van der Waals surface area contributed by atoms with Gasteiger partial charge >= 0.3 is 6.18 Å². The number of benzene rings is 2. The van der Waals surface area contributed by atoms with Crippen molar-refractivity contribution in [3.63, 3.8) is 0 Å². The van der Waals surface area contributed by atoms with Gasteiger partial charge in [0, 0.05) is 11.1 Å². The number of Topliss-reactive ketones (excluding diaryl/α,β-unsaturated/α-hetero) is 1. The second kappa shape index (κ2) is 6.79. The van der Waals surface area contributed by atoms with Crippen molar-refractivity contribution in [2.75, 3.05) is 0 Å². The van der Waals surface area contributed by atoms with Crippen molar-refractivity contribution in [3.8, 4) is 0 Å². The highest BCUT2D eigenvalue weighted by Crippen LogP contribution is 2.30. The van der Waals surface area contributed by atoms with Crippen LogP contribution in [0.5, 0.6) is 0 Å². The number of carbonyl (C=O) groups is 2. The van der Waals surface area contributed by atoms with Crippen LogP contribution < -0.4 is 0 Å². The van der Waals surface area contributed by atoms with E-state index in [-0.39, 0.29) is 16.7 Å². The minimum Gasteiger partial charge on any atom is -0.289 e. The predicted molar refractivity (Wildman–Crippen MR) is 81.4 cm³/mol. The van der Waals surface area contributed by atoms with E-state index >= 15 is 0 Å². The third kappa shape index (κ3) is 4.29. The first kappa shape index (κ1) is 17.0. The van der Waals surface area contributed by atoms with E-state index in [0.717, 1.165) is 6.08 Å². The van der Waals surface area contributed by atoms with Crippen LogP contribution in [0.2, 0.25) is 0 Å².